The van der Waals surface area contributed by atoms with Crippen LogP contribution < -0.4 is 10.1 Å². The van der Waals surface area contributed by atoms with E-state index in [1.807, 2.05) is 12.1 Å². The predicted octanol–water partition coefficient (Wildman–Crippen LogP) is 4.58. The third-order valence-electron chi connectivity index (χ3n) is 3.95. The molecule has 0 aliphatic heterocycles. The van der Waals surface area contributed by atoms with E-state index in [1.54, 1.807) is 7.11 Å². The van der Waals surface area contributed by atoms with Crippen LogP contribution in [-0.2, 0) is 6.54 Å². The molecule has 0 aromatic heterocycles. The highest BCUT2D eigenvalue weighted by molar-refractivity contribution is 6.30. The van der Waals surface area contributed by atoms with Crippen LogP contribution in [-0.4, -0.2) is 13.2 Å². The van der Waals surface area contributed by atoms with Gasteiger partial charge >= 0.3 is 0 Å². The molecule has 110 valence electrons. The molecule has 0 amide bonds. The van der Waals surface area contributed by atoms with Gasteiger partial charge in [-0.05, 0) is 66.3 Å². The Balaban J connectivity index is 1.95. The molecular weight excluding hydrogens is 282 g/mol. The number of ether oxygens (including phenoxy) is 1. The Morgan fingerprint density at radius 3 is 2.57 bits per heavy atom. The Morgan fingerprint density at radius 2 is 1.90 bits per heavy atom. The van der Waals surface area contributed by atoms with E-state index in [2.05, 4.69) is 36.5 Å². The van der Waals surface area contributed by atoms with Crippen LogP contribution in [0.25, 0.3) is 11.1 Å². The molecule has 21 heavy (non-hydrogen) atoms. The minimum absolute atomic E-state index is 0.689. The van der Waals surface area contributed by atoms with Crippen molar-refractivity contribution in [3.63, 3.8) is 0 Å². The number of hydrogen-bond acceptors (Lipinski definition) is 2. The summed E-state index contributed by atoms with van der Waals surface area (Å²) in [6.07, 6.45) is 2.58. The largest absolute Gasteiger partial charge is 0.497 e. The van der Waals surface area contributed by atoms with E-state index in [1.165, 1.54) is 35.1 Å². The van der Waals surface area contributed by atoms with Gasteiger partial charge in [0, 0.05) is 17.6 Å². The zero-order valence-electron chi connectivity index (χ0n) is 12.4. The van der Waals surface area contributed by atoms with Crippen molar-refractivity contribution in [3.8, 4) is 16.9 Å². The van der Waals surface area contributed by atoms with Crippen LogP contribution in [0.1, 0.15) is 24.0 Å². The quantitative estimate of drug-likeness (QED) is 0.873. The molecule has 3 rings (SSSR count). The smallest absolute Gasteiger partial charge is 0.119 e. The van der Waals surface area contributed by atoms with E-state index in [0.29, 0.717) is 6.04 Å². The van der Waals surface area contributed by atoms with Crippen molar-refractivity contribution < 1.29 is 4.74 Å². The Bertz CT molecular complexity index is 650. The summed E-state index contributed by atoms with van der Waals surface area (Å²) < 4.78 is 5.29. The molecule has 1 aliphatic rings. The Labute approximate surface area is 131 Å². The van der Waals surface area contributed by atoms with Crippen LogP contribution in [0.5, 0.6) is 5.75 Å². The van der Waals surface area contributed by atoms with Crippen LogP contribution in [0, 0.1) is 6.92 Å². The average Bonchev–Trinajstić information content (AvgIpc) is 3.30. The molecule has 2 nitrogen and oxygen atoms in total. The number of nitrogens with one attached hydrogen (secondary N) is 1. The first-order valence-corrected chi connectivity index (χ1v) is 7.72. The maximum atomic E-state index is 6.17. The molecule has 0 saturated heterocycles. The minimum Gasteiger partial charge on any atom is -0.497 e. The number of benzene rings is 2. The lowest BCUT2D eigenvalue weighted by Crippen LogP contribution is -2.16. The fourth-order valence-electron chi connectivity index (χ4n) is 2.58. The Kier molecular flexibility index (Phi) is 4.18. The molecule has 1 N–H and O–H groups in total. The fourth-order valence-corrected chi connectivity index (χ4v) is 2.77. The highest BCUT2D eigenvalue weighted by Gasteiger charge is 2.20. The third kappa shape index (κ3) is 3.39. The number of hydrogen-bond donors (Lipinski definition) is 1. The van der Waals surface area contributed by atoms with E-state index in [9.17, 15) is 0 Å². The van der Waals surface area contributed by atoms with Gasteiger partial charge in [-0.3, -0.25) is 0 Å². The summed E-state index contributed by atoms with van der Waals surface area (Å²) in [5.74, 6) is 0.892. The number of rotatable bonds is 5. The van der Waals surface area contributed by atoms with Gasteiger partial charge in [0.15, 0.2) is 0 Å². The van der Waals surface area contributed by atoms with Crippen molar-refractivity contribution >= 4 is 11.6 Å². The highest BCUT2D eigenvalue weighted by atomic mass is 35.5. The molecule has 1 aliphatic carbocycles. The van der Waals surface area contributed by atoms with Gasteiger partial charge in [0.1, 0.15) is 5.75 Å². The maximum absolute atomic E-state index is 6.17. The molecule has 0 heterocycles. The molecule has 0 unspecified atom stereocenters. The molecule has 2 aromatic rings. The second kappa shape index (κ2) is 6.08. The molecule has 0 bridgehead atoms. The monoisotopic (exact) mass is 301 g/mol. The van der Waals surface area contributed by atoms with Gasteiger partial charge in [0.25, 0.3) is 0 Å². The van der Waals surface area contributed by atoms with Gasteiger partial charge in [-0.2, -0.15) is 0 Å². The van der Waals surface area contributed by atoms with E-state index in [4.69, 9.17) is 16.3 Å². The molecule has 0 spiro atoms. The standard InChI is InChI=1S/C18H20ClNO/c1-12-9-16(21-2)6-8-17(12)18-7-3-14(19)10-13(18)11-20-15-4-5-15/h3,6-10,15,20H,4-5,11H2,1-2H3. The zero-order chi connectivity index (χ0) is 14.8. The van der Waals surface area contributed by atoms with Gasteiger partial charge < -0.3 is 10.1 Å². The van der Waals surface area contributed by atoms with Crippen molar-refractivity contribution in [1.82, 2.24) is 5.32 Å². The van der Waals surface area contributed by atoms with Crippen LogP contribution in [0.2, 0.25) is 5.02 Å². The molecular formula is C18H20ClNO. The lowest BCUT2D eigenvalue weighted by molar-refractivity contribution is 0.414. The normalized spacial score (nSPS) is 14.2. The molecule has 3 heteroatoms. The highest BCUT2D eigenvalue weighted by Crippen LogP contribution is 2.31. The third-order valence-corrected chi connectivity index (χ3v) is 4.18. The summed E-state index contributed by atoms with van der Waals surface area (Å²) >= 11 is 6.17. The van der Waals surface area contributed by atoms with E-state index < -0.39 is 0 Å². The average molecular weight is 302 g/mol. The number of aryl methyl sites for hydroxylation is 1. The fraction of sp³-hybridized carbons (Fsp3) is 0.333. The predicted molar refractivity (Wildman–Crippen MR) is 88.0 cm³/mol. The van der Waals surface area contributed by atoms with Crippen molar-refractivity contribution in [2.24, 2.45) is 0 Å². The second-order valence-electron chi connectivity index (χ2n) is 5.64. The molecule has 1 saturated carbocycles. The summed E-state index contributed by atoms with van der Waals surface area (Å²) in [5, 5.41) is 4.36. The molecule has 1 fully saturated rings. The Hall–Kier alpha value is -1.51. The summed E-state index contributed by atoms with van der Waals surface area (Å²) in [6, 6.07) is 13.0. The number of methoxy groups -OCH3 is 1. The Morgan fingerprint density at radius 1 is 1.14 bits per heavy atom. The molecule has 0 atom stereocenters. The van der Waals surface area contributed by atoms with Crippen LogP contribution in [0.3, 0.4) is 0 Å². The summed E-state index contributed by atoms with van der Waals surface area (Å²) in [5.41, 5.74) is 4.94. The summed E-state index contributed by atoms with van der Waals surface area (Å²) in [4.78, 5) is 0. The topological polar surface area (TPSA) is 21.3 Å². The second-order valence-corrected chi connectivity index (χ2v) is 6.07. The lowest BCUT2D eigenvalue weighted by Gasteiger charge is -2.14. The SMILES string of the molecule is COc1ccc(-c2ccc(Cl)cc2CNC2CC2)c(C)c1. The summed E-state index contributed by atoms with van der Waals surface area (Å²) in [7, 11) is 1.70. The van der Waals surface area contributed by atoms with Crippen molar-refractivity contribution in [3.05, 3.63) is 52.5 Å². The first-order valence-electron chi connectivity index (χ1n) is 7.34. The van der Waals surface area contributed by atoms with Gasteiger partial charge in [0.05, 0.1) is 7.11 Å². The van der Waals surface area contributed by atoms with E-state index in [-0.39, 0.29) is 0 Å². The first-order chi connectivity index (χ1) is 10.2. The maximum Gasteiger partial charge on any atom is 0.119 e. The van der Waals surface area contributed by atoms with E-state index in [0.717, 1.165) is 17.3 Å². The van der Waals surface area contributed by atoms with Crippen molar-refractivity contribution in [2.45, 2.75) is 32.4 Å². The minimum atomic E-state index is 0.689. The molecule has 2 aromatic carbocycles. The number of halogens is 1. The van der Waals surface area contributed by atoms with E-state index >= 15 is 0 Å². The van der Waals surface area contributed by atoms with Crippen molar-refractivity contribution in [2.75, 3.05) is 7.11 Å². The zero-order valence-corrected chi connectivity index (χ0v) is 13.2. The van der Waals surface area contributed by atoms with Crippen LogP contribution >= 0.6 is 11.6 Å². The van der Waals surface area contributed by atoms with Crippen LogP contribution in [0.4, 0.5) is 0 Å². The first kappa shape index (κ1) is 14.4. The van der Waals surface area contributed by atoms with Gasteiger partial charge in [-0.25, -0.2) is 0 Å². The van der Waals surface area contributed by atoms with Crippen LogP contribution in [0.15, 0.2) is 36.4 Å². The van der Waals surface area contributed by atoms with Gasteiger partial charge in [-0.15, -0.1) is 0 Å². The summed E-state index contributed by atoms with van der Waals surface area (Å²) in [6.45, 7) is 2.98. The lowest BCUT2D eigenvalue weighted by atomic mass is 9.95. The van der Waals surface area contributed by atoms with Gasteiger partial charge in [0.2, 0.25) is 0 Å². The van der Waals surface area contributed by atoms with Gasteiger partial charge in [-0.1, -0.05) is 23.7 Å². The molecule has 0 radical (unpaired) electrons. The van der Waals surface area contributed by atoms with Crippen molar-refractivity contribution in [1.29, 1.82) is 0 Å².